The van der Waals surface area contributed by atoms with Crippen LogP contribution in [0.15, 0.2) is 75.4 Å². The molecule has 1 N–H and O–H groups in total. The number of hydrogen-bond donors (Lipinski definition) is 1. The van der Waals surface area contributed by atoms with Gasteiger partial charge < -0.3 is 19.9 Å². The Kier molecular flexibility index (Phi) is 9.03. The second-order valence-corrected chi connectivity index (χ2v) is 11.6. The fourth-order valence-electron chi connectivity index (χ4n) is 3.88. The summed E-state index contributed by atoms with van der Waals surface area (Å²) in [4.78, 5) is 35.4. The maximum Gasteiger partial charge on any atom is 0.328 e. The van der Waals surface area contributed by atoms with Crippen molar-refractivity contribution in [1.82, 2.24) is 4.57 Å². The summed E-state index contributed by atoms with van der Waals surface area (Å²) in [6, 6.07) is 13.1. The van der Waals surface area contributed by atoms with Gasteiger partial charge in [0, 0.05) is 30.6 Å². The Labute approximate surface area is 240 Å². The molecule has 8 nitrogen and oxygen atoms in total. The van der Waals surface area contributed by atoms with Crippen molar-refractivity contribution in [1.29, 1.82) is 0 Å². The summed E-state index contributed by atoms with van der Waals surface area (Å²) >= 11 is 4.78. The second kappa shape index (κ2) is 12.5. The molecule has 5 rings (SSSR count). The first-order chi connectivity index (χ1) is 19.1. The molecule has 0 spiro atoms. The van der Waals surface area contributed by atoms with Crippen molar-refractivity contribution < 1.29 is 28.8 Å². The van der Waals surface area contributed by atoms with Crippen molar-refractivity contribution >= 4 is 74.4 Å². The number of anilines is 1. The largest absolute Gasteiger partial charge is 0.545 e. The van der Waals surface area contributed by atoms with Crippen LogP contribution in [-0.4, -0.2) is 28.7 Å². The van der Waals surface area contributed by atoms with Gasteiger partial charge in [-0.1, -0.05) is 35.2 Å². The highest BCUT2D eigenvalue weighted by atomic mass is 32.2. The van der Waals surface area contributed by atoms with Crippen molar-refractivity contribution in [2.75, 3.05) is 11.9 Å². The van der Waals surface area contributed by atoms with E-state index >= 15 is 0 Å². The lowest BCUT2D eigenvalue weighted by Gasteiger charge is -2.12. The molecule has 40 heavy (non-hydrogen) atoms. The van der Waals surface area contributed by atoms with Crippen LogP contribution in [0.4, 0.5) is 10.1 Å². The molecule has 2 aromatic heterocycles. The molecule has 2 aromatic carbocycles. The van der Waals surface area contributed by atoms with E-state index in [4.69, 9.17) is 5.11 Å². The summed E-state index contributed by atoms with van der Waals surface area (Å²) < 4.78 is 20.0. The molecule has 0 unspecified atom stereocenters. The lowest BCUT2D eigenvalue weighted by molar-refractivity contribution is -0.642. The number of carboxylic acid groups (broad SMARTS) is 2. The molecule has 4 aromatic rings. The van der Waals surface area contributed by atoms with Crippen molar-refractivity contribution in [3.63, 3.8) is 0 Å². The normalized spacial score (nSPS) is 14.7. The Balaban J connectivity index is 0.000000406. The van der Waals surface area contributed by atoms with Gasteiger partial charge in [0.2, 0.25) is 5.52 Å². The lowest BCUT2D eigenvalue weighted by atomic mass is 10.3. The number of aromatic nitrogens is 2. The number of para-hydroxylation sites is 1. The average Bonchev–Trinajstić information content (AvgIpc) is 3.52. The number of hydrogen-bond acceptors (Lipinski definition) is 8. The highest BCUT2D eigenvalue weighted by molar-refractivity contribution is 8.03. The summed E-state index contributed by atoms with van der Waals surface area (Å²) in [5.41, 5.74) is 2.04. The first kappa shape index (κ1) is 29.0. The van der Waals surface area contributed by atoms with Crippen molar-refractivity contribution in [3.8, 4) is 0 Å². The van der Waals surface area contributed by atoms with Gasteiger partial charge in [-0.25, -0.2) is 9.18 Å². The minimum atomic E-state index is -1.51. The van der Waals surface area contributed by atoms with Gasteiger partial charge in [-0.3, -0.25) is 9.36 Å². The Hall–Kier alpha value is -4.00. The van der Waals surface area contributed by atoms with Gasteiger partial charge in [0.15, 0.2) is 0 Å². The fourth-order valence-corrected chi connectivity index (χ4v) is 7.13. The van der Waals surface area contributed by atoms with E-state index in [1.165, 1.54) is 28.0 Å². The standard InChI is InChI=1S/C24H21FN3OS3.C4H4O4/c1-4-28-23(14-22-27(3)17-13-15(25)9-10-19(17)31-22)32-20(24(28)29)11-12-21-26(2)16-7-5-6-8-18(16)30-21;5-3(6)1-2-4(7)8/h5-14H,4H2,1-3H3;1-2H,(H,5,6)(H,7,8)/q+1;/p-1/b20-11-,21-12-;2-1-. The molecule has 0 atom stereocenters. The SMILES string of the molecule is CCn1c(=O)/c(=C/C=C2\Sc3ccccc3N2C)s/c1=C\c1sc2ccc(F)cc2[n+]1C.O=C([O-])/C=C\C(=O)O. The first-order valence-corrected chi connectivity index (χ1v) is 14.4. The van der Waals surface area contributed by atoms with Crippen LogP contribution in [0.25, 0.3) is 22.4 Å². The number of benzene rings is 2. The van der Waals surface area contributed by atoms with Gasteiger partial charge in [0.25, 0.3) is 10.6 Å². The Bertz CT molecular complexity index is 1840. The molecule has 206 valence electrons. The summed E-state index contributed by atoms with van der Waals surface area (Å²) in [6.45, 7) is 2.57. The third kappa shape index (κ3) is 6.41. The Morgan fingerprint density at radius 3 is 2.52 bits per heavy atom. The number of allylic oxidation sites excluding steroid dienone is 1. The van der Waals surface area contributed by atoms with E-state index in [0.29, 0.717) is 23.2 Å². The van der Waals surface area contributed by atoms with Crippen LogP contribution in [0.1, 0.15) is 11.9 Å². The molecule has 0 bridgehead atoms. The predicted molar refractivity (Wildman–Crippen MR) is 155 cm³/mol. The maximum atomic E-state index is 13.7. The van der Waals surface area contributed by atoms with Crippen LogP contribution in [-0.2, 0) is 23.2 Å². The number of fused-ring (bicyclic) bond motifs is 2. The van der Waals surface area contributed by atoms with Gasteiger partial charge in [0.1, 0.15) is 22.2 Å². The molecule has 0 saturated carbocycles. The zero-order chi connectivity index (χ0) is 29.0. The van der Waals surface area contributed by atoms with E-state index in [1.807, 2.05) is 55.9 Å². The monoisotopic (exact) mass is 597 g/mol. The number of carbonyl (C=O) groups excluding carboxylic acids is 1. The first-order valence-electron chi connectivity index (χ1n) is 11.9. The Morgan fingerprint density at radius 1 is 1.12 bits per heavy atom. The number of aryl methyl sites for hydroxylation is 1. The average molecular weight is 598 g/mol. The van der Waals surface area contributed by atoms with Crippen molar-refractivity contribution in [2.45, 2.75) is 18.4 Å². The summed E-state index contributed by atoms with van der Waals surface area (Å²) in [5, 5.41) is 19.3. The minimum Gasteiger partial charge on any atom is -0.545 e. The van der Waals surface area contributed by atoms with E-state index in [9.17, 15) is 23.9 Å². The summed E-state index contributed by atoms with van der Waals surface area (Å²) in [5.74, 6) is -3.05. The van der Waals surface area contributed by atoms with E-state index < -0.39 is 11.9 Å². The van der Waals surface area contributed by atoms with Crippen LogP contribution in [0.2, 0.25) is 0 Å². The molecule has 3 heterocycles. The highest BCUT2D eigenvalue weighted by Crippen LogP contribution is 2.44. The number of thiazole rings is 2. The van der Waals surface area contributed by atoms with Crippen LogP contribution < -0.4 is 29.3 Å². The predicted octanol–water partition coefficient (Wildman–Crippen LogP) is 2.18. The zero-order valence-electron chi connectivity index (χ0n) is 21.7. The molecule has 1 aliphatic heterocycles. The molecule has 12 heteroatoms. The molecule has 0 fully saturated rings. The zero-order valence-corrected chi connectivity index (χ0v) is 24.1. The van der Waals surface area contributed by atoms with E-state index in [2.05, 4.69) is 17.0 Å². The second-order valence-electron chi connectivity index (χ2n) is 8.40. The molecule has 0 saturated heterocycles. The molecular formula is C28H24FN3O5S3. The highest BCUT2D eigenvalue weighted by Gasteiger charge is 2.20. The molecule has 0 aliphatic carbocycles. The number of thioether (sulfide) groups is 1. The van der Waals surface area contributed by atoms with Crippen LogP contribution in [0, 0.1) is 5.82 Å². The molecule has 1 aliphatic rings. The van der Waals surface area contributed by atoms with Crippen LogP contribution in [0.5, 0.6) is 0 Å². The van der Waals surface area contributed by atoms with Gasteiger partial charge in [0.05, 0.1) is 27.3 Å². The lowest BCUT2D eigenvalue weighted by Crippen LogP contribution is -2.32. The third-order valence-corrected chi connectivity index (χ3v) is 9.27. The van der Waals surface area contributed by atoms with Crippen LogP contribution in [0.3, 0.4) is 0 Å². The fraction of sp³-hybridized carbons (Fsp3) is 0.143. The molecular weight excluding hydrogens is 574 g/mol. The van der Waals surface area contributed by atoms with Gasteiger partial charge in [-0.05, 0) is 49.4 Å². The number of halogens is 1. The van der Waals surface area contributed by atoms with E-state index in [-0.39, 0.29) is 11.4 Å². The Morgan fingerprint density at radius 2 is 1.88 bits per heavy atom. The number of nitrogens with zero attached hydrogens (tertiary/aromatic N) is 3. The molecule has 0 radical (unpaired) electrons. The van der Waals surface area contributed by atoms with Crippen LogP contribution >= 0.6 is 34.4 Å². The number of carbonyl (C=O) groups is 2. The summed E-state index contributed by atoms with van der Waals surface area (Å²) in [7, 11) is 3.97. The quantitative estimate of drug-likeness (QED) is 0.278. The van der Waals surface area contributed by atoms with Crippen molar-refractivity contribution in [3.05, 3.63) is 96.1 Å². The van der Waals surface area contributed by atoms with Crippen molar-refractivity contribution in [2.24, 2.45) is 7.05 Å². The summed E-state index contributed by atoms with van der Waals surface area (Å²) in [6.07, 6.45) is 6.90. The molecule has 0 amide bonds. The number of carboxylic acids is 2. The minimum absolute atomic E-state index is 0.0126. The van der Waals surface area contributed by atoms with Gasteiger partial charge >= 0.3 is 5.97 Å². The van der Waals surface area contributed by atoms with E-state index in [1.54, 1.807) is 39.8 Å². The third-order valence-electron chi connectivity index (χ3n) is 5.84. The van der Waals surface area contributed by atoms with E-state index in [0.717, 1.165) is 24.9 Å². The number of rotatable bonds is 5. The van der Waals surface area contributed by atoms with Gasteiger partial charge in [-0.15, -0.1) is 11.3 Å². The van der Waals surface area contributed by atoms with Gasteiger partial charge in [-0.2, -0.15) is 4.57 Å². The maximum absolute atomic E-state index is 13.7. The topological polar surface area (TPSA) is 107 Å². The smallest absolute Gasteiger partial charge is 0.328 e. The number of aliphatic carboxylic acids is 2.